The summed E-state index contributed by atoms with van der Waals surface area (Å²) in [6.45, 7) is 3.23. The predicted molar refractivity (Wildman–Crippen MR) is 70.7 cm³/mol. The van der Waals surface area contributed by atoms with E-state index in [0.717, 1.165) is 22.6 Å². The molecule has 0 amide bonds. The molecular weight excluding hydrogens is 236 g/mol. The summed E-state index contributed by atoms with van der Waals surface area (Å²) in [5.74, 6) is 2.24. The molecule has 0 saturated heterocycles. The van der Waals surface area contributed by atoms with Crippen LogP contribution in [0.3, 0.4) is 0 Å². The summed E-state index contributed by atoms with van der Waals surface area (Å²) in [5.41, 5.74) is 1.89. The summed E-state index contributed by atoms with van der Waals surface area (Å²) in [6.07, 6.45) is 0. The average Bonchev–Trinajstić information content (AvgIpc) is 2.68. The highest BCUT2D eigenvalue weighted by Crippen LogP contribution is 2.22. The Hall–Kier alpha value is -1.20. The van der Waals surface area contributed by atoms with E-state index in [-0.39, 0.29) is 6.61 Å². The first-order valence-corrected chi connectivity index (χ1v) is 6.27. The monoisotopic (exact) mass is 252 g/mol. The molecule has 0 radical (unpaired) electrons. The molecule has 0 aliphatic rings. The van der Waals surface area contributed by atoms with Crippen LogP contribution in [0.5, 0.6) is 5.75 Å². The van der Waals surface area contributed by atoms with Crippen molar-refractivity contribution in [2.24, 2.45) is 0 Å². The van der Waals surface area contributed by atoms with E-state index >= 15 is 0 Å². The SMILES string of the molecule is CCOc1ccc2c(c1)nc(CS)n2CCO. The first-order chi connectivity index (χ1) is 8.30. The Labute approximate surface area is 106 Å². The zero-order chi connectivity index (χ0) is 12.3. The fourth-order valence-corrected chi connectivity index (χ4v) is 2.13. The second-order valence-electron chi connectivity index (χ2n) is 3.64. The van der Waals surface area contributed by atoms with Gasteiger partial charge >= 0.3 is 0 Å². The number of aromatic nitrogens is 2. The van der Waals surface area contributed by atoms with E-state index < -0.39 is 0 Å². The van der Waals surface area contributed by atoms with Gasteiger partial charge in [0.25, 0.3) is 0 Å². The van der Waals surface area contributed by atoms with E-state index in [0.29, 0.717) is 18.9 Å². The zero-order valence-electron chi connectivity index (χ0n) is 9.76. The fourth-order valence-electron chi connectivity index (χ4n) is 1.89. The Morgan fingerprint density at radius 3 is 2.94 bits per heavy atom. The van der Waals surface area contributed by atoms with Crippen molar-refractivity contribution in [1.29, 1.82) is 0 Å². The lowest BCUT2D eigenvalue weighted by atomic mass is 10.3. The Balaban J connectivity index is 2.49. The van der Waals surface area contributed by atoms with Crippen LogP contribution in [-0.2, 0) is 12.3 Å². The van der Waals surface area contributed by atoms with Crippen molar-refractivity contribution in [3.63, 3.8) is 0 Å². The second-order valence-corrected chi connectivity index (χ2v) is 3.96. The van der Waals surface area contributed by atoms with Crippen molar-refractivity contribution in [1.82, 2.24) is 9.55 Å². The van der Waals surface area contributed by atoms with Gasteiger partial charge in [-0.25, -0.2) is 4.98 Å². The van der Waals surface area contributed by atoms with E-state index in [2.05, 4.69) is 17.6 Å². The van der Waals surface area contributed by atoms with Gasteiger partial charge in [0.2, 0.25) is 0 Å². The van der Waals surface area contributed by atoms with Crippen LogP contribution in [0.1, 0.15) is 12.7 Å². The number of benzene rings is 1. The van der Waals surface area contributed by atoms with E-state index in [9.17, 15) is 0 Å². The van der Waals surface area contributed by atoms with E-state index in [4.69, 9.17) is 9.84 Å². The standard InChI is InChI=1S/C12H16N2O2S/c1-2-16-9-3-4-11-10(7-9)13-12(8-17)14(11)5-6-15/h3-4,7,15,17H,2,5-6,8H2,1H3. The summed E-state index contributed by atoms with van der Waals surface area (Å²) >= 11 is 4.25. The Kier molecular flexibility index (Phi) is 3.91. The number of imidazole rings is 1. The fraction of sp³-hybridized carbons (Fsp3) is 0.417. The third-order valence-corrected chi connectivity index (χ3v) is 2.86. The maximum absolute atomic E-state index is 9.06. The molecule has 1 aromatic heterocycles. The molecule has 2 rings (SSSR count). The molecule has 0 saturated carbocycles. The largest absolute Gasteiger partial charge is 0.494 e. The van der Waals surface area contributed by atoms with Gasteiger partial charge in [-0.3, -0.25) is 0 Å². The number of aliphatic hydroxyl groups is 1. The molecule has 92 valence electrons. The van der Waals surface area contributed by atoms with Gasteiger partial charge in [0, 0.05) is 18.4 Å². The minimum absolute atomic E-state index is 0.0967. The molecule has 1 N–H and O–H groups in total. The predicted octanol–water partition coefficient (Wildman–Crippen LogP) is 1.86. The lowest BCUT2D eigenvalue weighted by molar-refractivity contribution is 0.276. The van der Waals surface area contributed by atoms with Crippen LogP contribution in [0.2, 0.25) is 0 Å². The average molecular weight is 252 g/mol. The van der Waals surface area contributed by atoms with Crippen LogP contribution in [0.15, 0.2) is 18.2 Å². The summed E-state index contributed by atoms with van der Waals surface area (Å²) < 4.78 is 7.42. The van der Waals surface area contributed by atoms with Gasteiger partial charge in [0.1, 0.15) is 11.6 Å². The molecule has 4 nitrogen and oxygen atoms in total. The summed E-state index contributed by atoms with van der Waals surface area (Å²) in [5, 5.41) is 9.06. The second kappa shape index (κ2) is 5.42. The first kappa shape index (κ1) is 12.3. The van der Waals surface area contributed by atoms with Gasteiger partial charge in [0.05, 0.1) is 24.2 Å². The number of aliphatic hydroxyl groups excluding tert-OH is 1. The molecule has 0 bridgehead atoms. The molecule has 1 aromatic carbocycles. The number of hydrogen-bond donors (Lipinski definition) is 2. The summed E-state index contributed by atoms with van der Waals surface area (Å²) in [4.78, 5) is 4.49. The molecule has 0 spiro atoms. The lowest BCUT2D eigenvalue weighted by Crippen LogP contribution is -2.05. The molecule has 0 fully saturated rings. The van der Waals surface area contributed by atoms with Crippen LogP contribution in [0.4, 0.5) is 0 Å². The van der Waals surface area contributed by atoms with E-state index in [1.165, 1.54) is 0 Å². The van der Waals surface area contributed by atoms with Gasteiger partial charge in [-0.1, -0.05) is 0 Å². The smallest absolute Gasteiger partial charge is 0.121 e. The highest BCUT2D eigenvalue weighted by atomic mass is 32.1. The minimum Gasteiger partial charge on any atom is -0.494 e. The number of fused-ring (bicyclic) bond motifs is 1. The third-order valence-electron chi connectivity index (χ3n) is 2.57. The van der Waals surface area contributed by atoms with Crippen molar-refractivity contribution in [2.75, 3.05) is 13.2 Å². The first-order valence-electron chi connectivity index (χ1n) is 5.63. The highest BCUT2D eigenvalue weighted by molar-refractivity contribution is 7.79. The zero-order valence-corrected chi connectivity index (χ0v) is 10.7. The molecule has 5 heteroatoms. The topological polar surface area (TPSA) is 47.3 Å². The minimum atomic E-state index is 0.0967. The molecule has 0 aliphatic carbocycles. The maximum Gasteiger partial charge on any atom is 0.121 e. The van der Waals surface area contributed by atoms with Gasteiger partial charge < -0.3 is 14.4 Å². The van der Waals surface area contributed by atoms with Gasteiger partial charge in [0.15, 0.2) is 0 Å². The van der Waals surface area contributed by atoms with Crippen molar-refractivity contribution < 1.29 is 9.84 Å². The van der Waals surface area contributed by atoms with Crippen LogP contribution in [0, 0.1) is 0 Å². The Morgan fingerprint density at radius 1 is 1.47 bits per heavy atom. The van der Waals surface area contributed by atoms with Gasteiger partial charge in [-0.15, -0.1) is 0 Å². The third kappa shape index (κ3) is 2.40. The number of thiol groups is 1. The number of ether oxygens (including phenoxy) is 1. The molecule has 0 atom stereocenters. The molecule has 1 heterocycles. The highest BCUT2D eigenvalue weighted by Gasteiger charge is 2.09. The number of hydrogen-bond acceptors (Lipinski definition) is 4. The Bertz CT molecular complexity index is 510. The normalized spacial score (nSPS) is 11.0. The van der Waals surface area contributed by atoms with E-state index in [1.54, 1.807) is 0 Å². The molecule has 2 aromatic rings. The molecule has 0 unspecified atom stereocenters. The molecule has 17 heavy (non-hydrogen) atoms. The van der Waals surface area contributed by atoms with Crippen molar-refractivity contribution in [3.8, 4) is 5.75 Å². The van der Waals surface area contributed by atoms with Crippen molar-refractivity contribution in [3.05, 3.63) is 24.0 Å². The molecular formula is C12H16N2O2S. The van der Waals surface area contributed by atoms with Crippen LogP contribution in [-0.4, -0.2) is 27.9 Å². The van der Waals surface area contributed by atoms with Crippen molar-refractivity contribution in [2.45, 2.75) is 19.2 Å². The summed E-state index contributed by atoms with van der Waals surface area (Å²) in [7, 11) is 0. The van der Waals surface area contributed by atoms with Gasteiger partial charge in [-0.05, 0) is 19.1 Å². The van der Waals surface area contributed by atoms with E-state index in [1.807, 2.05) is 29.7 Å². The van der Waals surface area contributed by atoms with Crippen LogP contribution >= 0.6 is 12.6 Å². The number of rotatable bonds is 5. The lowest BCUT2D eigenvalue weighted by Gasteiger charge is -2.06. The van der Waals surface area contributed by atoms with Crippen LogP contribution in [0.25, 0.3) is 11.0 Å². The quantitative estimate of drug-likeness (QED) is 0.798. The van der Waals surface area contributed by atoms with Crippen molar-refractivity contribution >= 4 is 23.7 Å². The molecule has 0 aliphatic heterocycles. The van der Waals surface area contributed by atoms with Gasteiger partial charge in [-0.2, -0.15) is 12.6 Å². The Morgan fingerprint density at radius 2 is 2.29 bits per heavy atom. The maximum atomic E-state index is 9.06. The van der Waals surface area contributed by atoms with Crippen LogP contribution < -0.4 is 4.74 Å². The summed E-state index contributed by atoms with van der Waals surface area (Å²) in [6, 6.07) is 5.80. The number of nitrogens with zero attached hydrogens (tertiary/aromatic N) is 2.